The van der Waals surface area contributed by atoms with E-state index >= 15 is 0 Å². The van der Waals surface area contributed by atoms with E-state index in [1.807, 2.05) is 30.3 Å². The molecule has 0 aromatic heterocycles. The number of rotatable bonds is 5. The van der Waals surface area contributed by atoms with Crippen molar-refractivity contribution in [1.82, 2.24) is 16.2 Å². The van der Waals surface area contributed by atoms with Crippen LogP contribution in [0.25, 0.3) is 0 Å². The Kier molecular flexibility index (Phi) is 6.51. The first-order valence-corrected chi connectivity index (χ1v) is 7.76. The largest absolute Gasteiger partial charge is 0.478 e. The summed E-state index contributed by atoms with van der Waals surface area (Å²) in [5.74, 6) is -0.975. The van der Waals surface area contributed by atoms with E-state index in [1.54, 1.807) is 12.1 Å². The topological polar surface area (TPSA) is 62.4 Å². The number of hydrogen-bond donors (Lipinski definition) is 3. The highest BCUT2D eigenvalue weighted by atomic mass is 32.1. The van der Waals surface area contributed by atoms with Crippen molar-refractivity contribution in [3.8, 4) is 5.75 Å². The number of amides is 1. The van der Waals surface area contributed by atoms with E-state index in [1.165, 1.54) is 19.1 Å². The molecule has 5 nitrogen and oxygen atoms in total. The SMILES string of the molecule is C[C@H](Oc1ccccc1F)C(=O)NNC(=S)NCc1ccccc1. The zero-order valence-corrected chi connectivity index (χ0v) is 13.9. The minimum absolute atomic E-state index is 0.0185. The van der Waals surface area contributed by atoms with E-state index in [0.717, 1.165) is 5.56 Å². The fraction of sp³-hybridized carbons (Fsp3) is 0.176. The van der Waals surface area contributed by atoms with Crippen molar-refractivity contribution in [2.24, 2.45) is 0 Å². The summed E-state index contributed by atoms with van der Waals surface area (Å²) in [5, 5.41) is 3.23. The van der Waals surface area contributed by atoms with E-state index in [-0.39, 0.29) is 10.9 Å². The van der Waals surface area contributed by atoms with Gasteiger partial charge >= 0.3 is 0 Å². The minimum atomic E-state index is -0.883. The number of thiocarbonyl (C=S) groups is 1. The van der Waals surface area contributed by atoms with E-state index in [4.69, 9.17) is 17.0 Å². The average Bonchev–Trinajstić information content (AvgIpc) is 2.60. The number of carbonyl (C=O) groups is 1. The van der Waals surface area contributed by atoms with Gasteiger partial charge < -0.3 is 10.1 Å². The summed E-state index contributed by atoms with van der Waals surface area (Å²) >= 11 is 5.07. The first-order valence-electron chi connectivity index (χ1n) is 7.35. The molecule has 2 rings (SSSR count). The second-order valence-corrected chi connectivity index (χ2v) is 5.38. The fourth-order valence-electron chi connectivity index (χ4n) is 1.83. The van der Waals surface area contributed by atoms with E-state index < -0.39 is 17.8 Å². The Labute approximate surface area is 145 Å². The molecule has 126 valence electrons. The van der Waals surface area contributed by atoms with Crippen LogP contribution in [0, 0.1) is 5.82 Å². The highest BCUT2D eigenvalue weighted by Crippen LogP contribution is 2.16. The Hall–Kier alpha value is -2.67. The molecule has 0 aliphatic rings. The zero-order chi connectivity index (χ0) is 17.4. The van der Waals surface area contributed by atoms with Gasteiger partial charge in [0.2, 0.25) is 0 Å². The summed E-state index contributed by atoms with van der Waals surface area (Å²) in [6, 6.07) is 15.6. The lowest BCUT2D eigenvalue weighted by Gasteiger charge is -2.16. The maximum absolute atomic E-state index is 13.5. The molecule has 0 unspecified atom stereocenters. The molecule has 0 heterocycles. The van der Waals surface area contributed by atoms with Crippen molar-refractivity contribution in [3.63, 3.8) is 0 Å². The van der Waals surface area contributed by atoms with Crippen molar-refractivity contribution in [2.75, 3.05) is 0 Å². The van der Waals surface area contributed by atoms with Crippen LogP contribution in [0.2, 0.25) is 0 Å². The Morgan fingerprint density at radius 2 is 1.79 bits per heavy atom. The molecular weight excluding hydrogens is 329 g/mol. The molecule has 1 atom stereocenters. The van der Waals surface area contributed by atoms with Crippen molar-refractivity contribution >= 4 is 23.2 Å². The molecule has 7 heteroatoms. The van der Waals surface area contributed by atoms with Crippen LogP contribution in [0.4, 0.5) is 4.39 Å². The van der Waals surface area contributed by atoms with Crippen molar-refractivity contribution in [3.05, 3.63) is 66.0 Å². The molecule has 0 aliphatic carbocycles. The maximum Gasteiger partial charge on any atom is 0.279 e. The van der Waals surface area contributed by atoms with Crippen LogP contribution >= 0.6 is 12.2 Å². The van der Waals surface area contributed by atoms with Gasteiger partial charge in [-0.15, -0.1) is 0 Å². The van der Waals surface area contributed by atoms with E-state index in [0.29, 0.717) is 6.54 Å². The number of carbonyl (C=O) groups excluding carboxylic acids is 1. The van der Waals surface area contributed by atoms with Crippen LogP contribution in [0.5, 0.6) is 5.75 Å². The maximum atomic E-state index is 13.5. The minimum Gasteiger partial charge on any atom is -0.478 e. The third-order valence-corrected chi connectivity index (χ3v) is 3.35. The third-order valence-electron chi connectivity index (χ3n) is 3.10. The molecule has 1 amide bonds. The molecule has 0 saturated carbocycles. The number of ether oxygens (including phenoxy) is 1. The number of hydrazine groups is 1. The van der Waals surface area contributed by atoms with Crippen molar-refractivity contribution in [2.45, 2.75) is 19.6 Å². The lowest BCUT2D eigenvalue weighted by molar-refractivity contribution is -0.127. The normalized spacial score (nSPS) is 11.2. The van der Waals surface area contributed by atoms with Gasteiger partial charge in [-0.25, -0.2) is 4.39 Å². The molecular formula is C17H18FN3O2S. The summed E-state index contributed by atoms with van der Waals surface area (Å²) in [6.45, 7) is 2.05. The van der Waals surface area contributed by atoms with Gasteiger partial charge in [-0.2, -0.15) is 0 Å². The summed E-state index contributed by atoms with van der Waals surface area (Å²) in [5.41, 5.74) is 6.06. The third kappa shape index (κ3) is 5.51. The van der Waals surface area contributed by atoms with Gasteiger partial charge in [0.1, 0.15) is 0 Å². The van der Waals surface area contributed by atoms with E-state index in [9.17, 15) is 9.18 Å². The molecule has 0 spiro atoms. The average molecular weight is 347 g/mol. The van der Waals surface area contributed by atoms with Gasteiger partial charge in [-0.05, 0) is 36.8 Å². The summed E-state index contributed by atoms with van der Waals surface area (Å²) in [4.78, 5) is 11.9. The number of nitrogens with one attached hydrogen (secondary N) is 3. The monoisotopic (exact) mass is 347 g/mol. The molecule has 24 heavy (non-hydrogen) atoms. The number of benzene rings is 2. The smallest absolute Gasteiger partial charge is 0.279 e. The molecule has 3 N–H and O–H groups in total. The number of hydrogen-bond acceptors (Lipinski definition) is 3. The highest BCUT2D eigenvalue weighted by Gasteiger charge is 2.16. The van der Waals surface area contributed by atoms with Gasteiger partial charge in [0.25, 0.3) is 5.91 Å². The van der Waals surface area contributed by atoms with Gasteiger partial charge in [-0.3, -0.25) is 15.6 Å². The molecule has 0 aliphatic heterocycles. The van der Waals surface area contributed by atoms with Crippen LogP contribution in [0.1, 0.15) is 12.5 Å². The van der Waals surface area contributed by atoms with Crippen LogP contribution < -0.4 is 20.9 Å². The molecule has 2 aromatic carbocycles. The zero-order valence-electron chi connectivity index (χ0n) is 13.1. The molecule has 0 fully saturated rings. The Bertz CT molecular complexity index is 697. The fourth-order valence-corrected chi connectivity index (χ4v) is 1.95. The standard InChI is InChI=1S/C17H18FN3O2S/c1-12(23-15-10-6-5-9-14(15)18)16(22)20-21-17(24)19-11-13-7-3-2-4-8-13/h2-10,12H,11H2,1H3,(H,20,22)(H2,19,21,24)/t12-/m0/s1. The second kappa shape index (κ2) is 8.83. The number of para-hydroxylation sites is 1. The van der Waals surface area contributed by atoms with Gasteiger partial charge in [0.05, 0.1) is 0 Å². The first kappa shape index (κ1) is 17.7. The Balaban J connectivity index is 1.73. The summed E-state index contributed by atoms with van der Waals surface area (Å²) < 4.78 is 18.8. The molecule has 0 bridgehead atoms. The summed E-state index contributed by atoms with van der Waals surface area (Å²) in [7, 11) is 0. The first-order chi connectivity index (χ1) is 11.6. The highest BCUT2D eigenvalue weighted by molar-refractivity contribution is 7.80. The molecule has 0 saturated heterocycles. The van der Waals surface area contributed by atoms with Crippen LogP contribution in [-0.4, -0.2) is 17.1 Å². The second-order valence-electron chi connectivity index (χ2n) is 4.97. The summed E-state index contributed by atoms with van der Waals surface area (Å²) in [6.07, 6.45) is -0.883. The van der Waals surface area contributed by atoms with Crippen molar-refractivity contribution in [1.29, 1.82) is 0 Å². The Morgan fingerprint density at radius 1 is 1.12 bits per heavy atom. The molecule has 0 radical (unpaired) electrons. The van der Waals surface area contributed by atoms with Crippen molar-refractivity contribution < 1.29 is 13.9 Å². The van der Waals surface area contributed by atoms with Gasteiger partial charge in [-0.1, -0.05) is 42.5 Å². The van der Waals surface area contributed by atoms with Crippen LogP contribution in [-0.2, 0) is 11.3 Å². The number of halogens is 1. The van der Waals surface area contributed by atoms with Crippen LogP contribution in [0.15, 0.2) is 54.6 Å². The Morgan fingerprint density at radius 3 is 2.50 bits per heavy atom. The van der Waals surface area contributed by atoms with Crippen LogP contribution in [0.3, 0.4) is 0 Å². The lowest BCUT2D eigenvalue weighted by atomic mass is 10.2. The van der Waals surface area contributed by atoms with Gasteiger partial charge in [0.15, 0.2) is 22.8 Å². The predicted octanol–water partition coefficient (Wildman–Crippen LogP) is 2.29. The quantitative estimate of drug-likeness (QED) is 0.572. The van der Waals surface area contributed by atoms with E-state index in [2.05, 4.69) is 16.2 Å². The molecule has 2 aromatic rings. The lowest BCUT2D eigenvalue weighted by Crippen LogP contribution is -2.50. The van der Waals surface area contributed by atoms with Gasteiger partial charge in [0, 0.05) is 6.54 Å². The predicted molar refractivity (Wildman–Crippen MR) is 93.6 cm³/mol.